The summed E-state index contributed by atoms with van der Waals surface area (Å²) < 4.78 is 0. The first-order valence-corrected chi connectivity index (χ1v) is 13.3. The van der Waals surface area contributed by atoms with Crippen molar-refractivity contribution < 1.29 is 24.3 Å². The first kappa shape index (κ1) is 33.4. The average molecular weight is 548 g/mol. The standard InChI is InChI=1S/C27H45N7O5/c1-5-17(4)22(26(38)39)34-24(36)20(12-9-13-31-27(29)30)32-25(37)21(15-18-10-7-6-8-11-18)33-23(35)19(28)14-16(2)3/h6-8,10-11,16-17,19-22H,5,9,12-15,28H2,1-4H3,(H,32,37)(H,33,35)(H,34,36)(H,38,39)(H4,29,30,31). The minimum absolute atomic E-state index is 0.105. The first-order valence-electron chi connectivity index (χ1n) is 13.3. The minimum atomic E-state index is -1.17. The van der Waals surface area contributed by atoms with Gasteiger partial charge in [0.2, 0.25) is 17.7 Å². The Labute approximate surface area is 230 Å². The number of aliphatic carboxylic acids is 1. The Morgan fingerprint density at radius 1 is 0.923 bits per heavy atom. The van der Waals surface area contributed by atoms with E-state index in [4.69, 9.17) is 17.2 Å². The lowest BCUT2D eigenvalue weighted by Crippen LogP contribution is -2.58. The second kappa shape index (κ2) is 17.0. The number of aliphatic imine (C=N–C) groups is 1. The molecule has 1 aromatic carbocycles. The van der Waals surface area contributed by atoms with Gasteiger partial charge in [-0.2, -0.15) is 0 Å². The Morgan fingerprint density at radius 2 is 1.51 bits per heavy atom. The van der Waals surface area contributed by atoms with Crippen LogP contribution in [0.1, 0.15) is 58.9 Å². The minimum Gasteiger partial charge on any atom is -0.480 e. The molecule has 0 aromatic heterocycles. The van der Waals surface area contributed by atoms with Crippen LogP contribution in [0.15, 0.2) is 35.3 Å². The number of carbonyl (C=O) groups excluding carboxylic acids is 3. The molecule has 1 aromatic rings. The Bertz CT molecular complexity index is 967. The summed E-state index contributed by atoms with van der Waals surface area (Å²) >= 11 is 0. The van der Waals surface area contributed by atoms with Crippen molar-refractivity contribution in [3.05, 3.63) is 35.9 Å². The lowest BCUT2D eigenvalue weighted by atomic mass is 9.98. The molecule has 0 fully saturated rings. The van der Waals surface area contributed by atoms with Crippen molar-refractivity contribution in [1.82, 2.24) is 16.0 Å². The van der Waals surface area contributed by atoms with E-state index >= 15 is 0 Å². The van der Waals surface area contributed by atoms with E-state index in [0.29, 0.717) is 19.3 Å². The van der Waals surface area contributed by atoms with Crippen molar-refractivity contribution in [1.29, 1.82) is 0 Å². The monoisotopic (exact) mass is 547 g/mol. The normalized spacial score (nSPS) is 14.8. The fourth-order valence-corrected chi connectivity index (χ4v) is 3.93. The molecule has 1 rings (SSSR count). The van der Waals surface area contributed by atoms with E-state index < -0.39 is 47.9 Å². The number of carboxylic acids is 1. The van der Waals surface area contributed by atoms with Crippen molar-refractivity contribution >= 4 is 29.7 Å². The third kappa shape index (κ3) is 12.6. The summed E-state index contributed by atoms with van der Waals surface area (Å²) in [5, 5.41) is 17.6. The van der Waals surface area contributed by atoms with Crippen LogP contribution in [0, 0.1) is 11.8 Å². The zero-order valence-corrected chi connectivity index (χ0v) is 23.4. The number of carboxylic acid groups (broad SMARTS) is 1. The van der Waals surface area contributed by atoms with Crippen LogP contribution in [0.4, 0.5) is 0 Å². The second-order valence-electron chi connectivity index (χ2n) is 10.2. The number of nitrogens with two attached hydrogens (primary N) is 3. The fraction of sp³-hybridized carbons (Fsp3) is 0.593. The van der Waals surface area contributed by atoms with E-state index in [2.05, 4.69) is 20.9 Å². The molecular formula is C27H45N7O5. The van der Waals surface area contributed by atoms with Gasteiger partial charge in [-0.05, 0) is 36.7 Å². The summed E-state index contributed by atoms with van der Waals surface area (Å²) in [5.74, 6) is -3.16. The molecule has 12 heteroatoms. The van der Waals surface area contributed by atoms with Gasteiger partial charge >= 0.3 is 5.97 Å². The Kier molecular flexibility index (Phi) is 14.6. The molecule has 0 heterocycles. The zero-order valence-electron chi connectivity index (χ0n) is 23.4. The number of hydrogen-bond donors (Lipinski definition) is 7. The summed E-state index contributed by atoms with van der Waals surface area (Å²) in [6, 6.07) is 5.08. The highest BCUT2D eigenvalue weighted by molar-refractivity contribution is 5.94. The van der Waals surface area contributed by atoms with Gasteiger partial charge in [0.15, 0.2) is 5.96 Å². The van der Waals surface area contributed by atoms with Gasteiger partial charge < -0.3 is 38.3 Å². The third-order valence-electron chi connectivity index (χ3n) is 6.33. The number of guanidine groups is 1. The van der Waals surface area contributed by atoms with Gasteiger partial charge in [0.05, 0.1) is 6.04 Å². The van der Waals surface area contributed by atoms with Crippen molar-refractivity contribution in [3.8, 4) is 0 Å². The van der Waals surface area contributed by atoms with Crippen molar-refractivity contribution in [2.75, 3.05) is 6.54 Å². The van der Waals surface area contributed by atoms with Crippen molar-refractivity contribution in [2.24, 2.45) is 34.0 Å². The zero-order chi connectivity index (χ0) is 29.5. The van der Waals surface area contributed by atoms with E-state index in [1.807, 2.05) is 51.1 Å². The van der Waals surface area contributed by atoms with Gasteiger partial charge in [0.25, 0.3) is 0 Å². The SMILES string of the molecule is CCC(C)C(NC(=O)C(CCCN=C(N)N)NC(=O)C(Cc1ccccc1)NC(=O)C(N)CC(C)C)C(=O)O. The highest BCUT2D eigenvalue weighted by Gasteiger charge is 2.32. The van der Waals surface area contributed by atoms with Gasteiger partial charge in [-0.15, -0.1) is 0 Å². The van der Waals surface area contributed by atoms with E-state index in [-0.39, 0.29) is 37.2 Å². The molecule has 39 heavy (non-hydrogen) atoms. The Morgan fingerprint density at radius 3 is 2.05 bits per heavy atom. The van der Waals surface area contributed by atoms with Gasteiger partial charge in [-0.3, -0.25) is 19.4 Å². The van der Waals surface area contributed by atoms with Crippen LogP contribution in [-0.2, 0) is 25.6 Å². The maximum Gasteiger partial charge on any atom is 0.326 e. The Balaban J connectivity index is 3.17. The highest BCUT2D eigenvalue weighted by atomic mass is 16.4. The third-order valence-corrected chi connectivity index (χ3v) is 6.33. The lowest BCUT2D eigenvalue weighted by Gasteiger charge is -2.27. The van der Waals surface area contributed by atoms with Crippen LogP contribution in [0.3, 0.4) is 0 Å². The number of nitrogens with zero attached hydrogens (tertiary/aromatic N) is 1. The molecule has 0 saturated heterocycles. The number of carbonyl (C=O) groups is 4. The van der Waals surface area contributed by atoms with Crippen LogP contribution in [0.5, 0.6) is 0 Å². The van der Waals surface area contributed by atoms with E-state index in [1.165, 1.54) is 0 Å². The topological polar surface area (TPSA) is 215 Å². The molecule has 0 aliphatic heterocycles. The number of amides is 3. The summed E-state index contributed by atoms with van der Waals surface area (Å²) in [5.41, 5.74) is 17.6. The predicted octanol–water partition coefficient (Wildman–Crippen LogP) is 0.241. The molecule has 10 N–H and O–H groups in total. The van der Waals surface area contributed by atoms with Gasteiger partial charge in [-0.25, -0.2) is 4.79 Å². The number of benzene rings is 1. The van der Waals surface area contributed by atoms with Crippen LogP contribution in [0.25, 0.3) is 0 Å². The van der Waals surface area contributed by atoms with Crippen LogP contribution in [0.2, 0.25) is 0 Å². The summed E-state index contributed by atoms with van der Waals surface area (Å²) in [7, 11) is 0. The van der Waals surface area contributed by atoms with Crippen LogP contribution in [-0.4, -0.2) is 65.5 Å². The molecule has 5 atom stereocenters. The van der Waals surface area contributed by atoms with Crippen molar-refractivity contribution in [2.45, 2.75) is 84.0 Å². The second-order valence-corrected chi connectivity index (χ2v) is 10.2. The predicted molar refractivity (Wildman–Crippen MR) is 150 cm³/mol. The van der Waals surface area contributed by atoms with E-state index in [0.717, 1.165) is 5.56 Å². The van der Waals surface area contributed by atoms with Gasteiger partial charge in [0.1, 0.15) is 18.1 Å². The van der Waals surface area contributed by atoms with E-state index in [9.17, 15) is 24.3 Å². The summed E-state index contributed by atoms with van der Waals surface area (Å²) in [6.45, 7) is 7.64. The molecule has 0 radical (unpaired) electrons. The summed E-state index contributed by atoms with van der Waals surface area (Å²) in [6.07, 6.45) is 1.61. The molecule has 0 bridgehead atoms. The largest absolute Gasteiger partial charge is 0.480 e. The molecule has 218 valence electrons. The summed E-state index contributed by atoms with van der Waals surface area (Å²) in [4.78, 5) is 55.1. The van der Waals surface area contributed by atoms with Gasteiger partial charge in [-0.1, -0.05) is 64.4 Å². The highest BCUT2D eigenvalue weighted by Crippen LogP contribution is 2.11. The maximum absolute atomic E-state index is 13.5. The number of nitrogens with one attached hydrogen (secondary N) is 3. The lowest BCUT2D eigenvalue weighted by molar-refractivity contribution is -0.144. The maximum atomic E-state index is 13.5. The fourth-order valence-electron chi connectivity index (χ4n) is 3.93. The Hall–Kier alpha value is -3.67. The van der Waals surface area contributed by atoms with E-state index in [1.54, 1.807) is 6.92 Å². The van der Waals surface area contributed by atoms with Crippen LogP contribution < -0.4 is 33.2 Å². The number of rotatable bonds is 17. The van der Waals surface area contributed by atoms with Crippen molar-refractivity contribution in [3.63, 3.8) is 0 Å². The molecule has 0 aliphatic carbocycles. The molecule has 5 unspecified atom stereocenters. The molecule has 0 saturated carbocycles. The smallest absolute Gasteiger partial charge is 0.326 e. The molecule has 0 aliphatic rings. The van der Waals surface area contributed by atoms with Gasteiger partial charge in [0, 0.05) is 13.0 Å². The molecular weight excluding hydrogens is 502 g/mol. The molecule has 3 amide bonds. The first-order chi connectivity index (χ1) is 18.3. The molecule has 12 nitrogen and oxygen atoms in total. The van der Waals surface area contributed by atoms with Crippen LogP contribution >= 0.6 is 0 Å². The quantitative estimate of drug-likeness (QED) is 0.0812. The number of hydrogen-bond acceptors (Lipinski definition) is 6. The molecule has 0 spiro atoms. The average Bonchev–Trinajstić information content (AvgIpc) is 2.87.